The third kappa shape index (κ3) is 3.48. The molecule has 5 aliphatic rings. The highest BCUT2D eigenvalue weighted by Crippen LogP contribution is 2.64. The number of benzene rings is 1. The number of nitrogens with zero attached hydrogens (tertiary/aromatic N) is 2. The summed E-state index contributed by atoms with van der Waals surface area (Å²) in [5.41, 5.74) is 6.65. The number of carbonyl (C=O) groups is 1. The molecule has 0 saturated heterocycles. The molecule has 0 spiro atoms. The van der Waals surface area contributed by atoms with Crippen molar-refractivity contribution < 1.29 is 9.53 Å². The van der Waals surface area contributed by atoms with Gasteiger partial charge >= 0.3 is 0 Å². The number of hydrogen-bond donors (Lipinski definition) is 1. The fraction of sp³-hybridized carbons (Fsp3) is 0.688. The van der Waals surface area contributed by atoms with Crippen LogP contribution >= 0.6 is 0 Å². The van der Waals surface area contributed by atoms with Crippen molar-refractivity contribution in [3.63, 3.8) is 0 Å². The molecule has 5 heteroatoms. The highest BCUT2D eigenvalue weighted by Gasteiger charge is 2.63. The fourth-order valence-corrected chi connectivity index (χ4v) is 9.35. The second kappa shape index (κ2) is 8.61. The predicted molar refractivity (Wildman–Crippen MR) is 145 cm³/mol. The lowest BCUT2D eigenvalue weighted by molar-refractivity contribution is -0.125. The van der Waals surface area contributed by atoms with Crippen LogP contribution in [0, 0.1) is 11.3 Å². The van der Waals surface area contributed by atoms with E-state index >= 15 is 0 Å². The summed E-state index contributed by atoms with van der Waals surface area (Å²) in [7, 11) is 1.74. The molecule has 1 aromatic heterocycles. The first-order valence-corrected chi connectivity index (χ1v) is 15.0. The second-order valence-corrected chi connectivity index (χ2v) is 13.3. The minimum Gasteiger partial charge on any atom is -0.496 e. The molecule has 3 fully saturated rings. The number of nitrogens with one attached hydrogen (secondary N) is 1. The SMILES string of the molecule is COc1ccc2cc1C(Cc1nn(C3CCCCC3)c3c1CCCC3)C(=O)NC1C3(C)CCC(C3)C21C. The van der Waals surface area contributed by atoms with Gasteiger partial charge in [0.1, 0.15) is 5.75 Å². The molecule has 5 nitrogen and oxygen atoms in total. The largest absolute Gasteiger partial charge is 0.496 e. The van der Waals surface area contributed by atoms with E-state index in [9.17, 15) is 4.79 Å². The molecule has 1 amide bonds. The third-order valence-corrected chi connectivity index (χ3v) is 11.4. The zero-order valence-corrected chi connectivity index (χ0v) is 22.9. The molecular weight excluding hydrogens is 458 g/mol. The number of ether oxygens (including phenoxy) is 1. The van der Waals surface area contributed by atoms with Gasteiger partial charge < -0.3 is 10.1 Å². The van der Waals surface area contributed by atoms with Crippen molar-refractivity contribution in [1.82, 2.24) is 15.1 Å². The van der Waals surface area contributed by atoms with E-state index in [1.165, 1.54) is 81.0 Å². The van der Waals surface area contributed by atoms with Crippen LogP contribution in [0.4, 0.5) is 0 Å². The molecule has 2 heterocycles. The topological polar surface area (TPSA) is 56.2 Å². The summed E-state index contributed by atoms with van der Waals surface area (Å²) < 4.78 is 8.28. The van der Waals surface area contributed by atoms with Crippen molar-refractivity contribution in [1.29, 1.82) is 0 Å². The first kappa shape index (κ1) is 23.8. The highest BCUT2D eigenvalue weighted by atomic mass is 16.5. The first-order chi connectivity index (χ1) is 17.9. The number of fused-ring (bicyclic) bond motifs is 9. The Morgan fingerprint density at radius 1 is 1.08 bits per heavy atom. The molecule has 7 rings (SSSR count). The number of carbonyl (C=O) groups excluding carboxylic acids is 1. The lowest BCUT2D eigenvalue weighted by atomic mass is 9.62. The molecule has 1 aromatic carbocycles. The van der Waals surface area contributed by atoms with Crippen LogP contribution in [-0.4, -0.2) is 28.8 Å². The quantitative estimate of drug-likeness (QED) is 0.544. The minimum absolute atomic E-state index is 0.0175. The summed E-state index contributed by atoms with van der Waals surface area (Å²) in [4.78, 5) is 14.2. The van der Waals surface area contributed by atoms with E-state index in [1.54, 1.807) is 7.11 Å². The predicted octanol–water partition coefficient (Wildman–Crippen LogP) is 6.18. The average Bonchev–Trinajstić information content (AvgIpc) is 3.56. The molecule has 37 heavy (non-hydrogen) atoms. The Bertz CT molecular complexity index is 1230. The van der Waals surface area contributed by atoms with Crippen molar-refractivity contribution >= 4 is 5.91 Å². The van der Waals surface area contributed by atoms with Crippen LogP contribution in [0.15, 0.2) is 18.2 Å². The third-order valence-electron chi connectivity index (χ3n) is 11.4. The second-order valence-electron chi connectivity index (χ2n) is 13.3. The van der Waals surface area contributed by atoms with Gasteiger partial charge in [-0.2, -0.15) is 5.10 Å². The maximum Gasteiger partial charge on any atom is 0.228 e. The van der Waals surface area contributed by atoms with Crippen LogP contribution in [0.3, 0.4) is 0 Å². The summed E-state index contributed by atoms with van der Waals surface area (Å²) >= 11 is 0. The van der Waals surface area contributed by atoms with E-state index in [-0.39, 0.29) is 28.7 Å². The number of aromatic nitrogens is 2. The van der Waals surface area contributed by atoms with Gasteiger partial charge in [0.25, 0.3) is 0 Å². The van der Waals surface area contributed by atoms with Crippen molar-refractivity contribution in [2.24, 2.45) is 11.3 Å². The summed E-state index contributed by atoms with van der Waals surface area (Å²) in [6.07, 6.45) is 15.5. The first-order valence-electron chi connectivity index (χ1n) is 15.0. The molecule has 1 aliphatic heterocycles. The van der Waals surface area contributed by atoms with Crippen molar-refractivity contribution in [2.75, 3.05) is 7.11 Å². The lowest BCUT2D eigenvalue weighted by Gasteiger charge is -2.47. The van der Waals surface area contributed by atoms with Gasteiger partial charge in [-0.3, -0.25) is 9.48 Å². The number of methoxy groups -OCH3 is 1. The molecule has 198 valence electrons. The molecule has 5 unspecified atom stereocenters. The normalized spacial score (nSPS) is 34.9. The van der Waals surface area contributed by atoms with Gasteiger partial charge in [0.05, 0.1) is 24.8 Å². The highest BCUT2D eigenvalue weighted by molar-refractivity contribution is 5.86. The molecule has 5 atom stereocenters. The zero-order valence-electron chi connectivity index (χ0n) is 22.9. The van der Waals surface area contributed by atoms with E-state index < -0.39 is 0 Å². The van der Waals surface area contributed by atoms with Gasteiger partial charge in [-0.15, -0.1) is 0 Å². The van der Waals surface area contributed by atoms with E-state index in [0.717, 1.165) is 29.8 Å². The Labute approximate surface area is 221 Å². The smallest absolute Gasteiger partial charge is 0.228 e. The van der Waals surface area contributed by atoms with Crippen LogP contribution in [0.2, 0.25) is 0 Å². The molecule has 3 saturated carbocycles. The van der Waals surface area contributed by atoms with Gasteiger partial charge in [0.15, 0.2) is 0 Å². The molecule has 4 bridgehead atoms. The summed E-state index contributed by atoms with van der Waals surface area (Å²) in [6, 6.07) is 7.46. The Hall–Kier alpha value is -2.30. The molecule has 4 aliphatic carbocycles. The van der Waals surface area contributed by atoms with Crippen LogP contribution < -0.4 is 10.1 Å². The van der Waals surface area contributed by atoms with E-state index in [1.807, 2.05) is 0 Å². The van der Waals surface area contributed by atoms with Crippen LogP contribution in [-0.2, 0) is 29.5 Å². The van der Waals surface area contributed by atoms with E-state index in [4.69, 9.17) is 9.84 Å². The minimum atomic E-state index is -0.275. The number of amides is 1. The maximum absolute atomic E-state index is 14.2. The Morgan fingerprint density at radius 3 is 2.70 bits per heavy atom. The van der Waals surface area contributed by atoms with E-state index in [2.05, 4.69) is 42.0 Å². The maximum atomic E-state index is 14.2. The van der Waals surface area contributed by atoms with Crippen LogP contribution in [0.5, 0.6) is 5.75 Å². The Balaban J connectivity index is 1.31. The van der Waals surface area contributed by atoms with Crippen LogP contribution in [0.1, 0.15) is 118 Å². The molecule has 0 radical (unpaired) electrons. The van der Waals surface area contributed by atoms with Gasteiger partial charge in [-0.05, 0) is 86.3 Å². The fourth-order valence-electron chi connectivity index (χ4n) is 9.35. The molecule has 1 N–H and O–H groups in total. The monoisotopic (exact) mass is 501 g/mol. The summed E-state index contributed by atoms with van der Waals surface area (Å²) in [5, 5.41) is 8.97. The Kier molecular flexibility index (Phi) is 5.53. The van der Waals surface area contributed by atoms with Gasteiger partial charge in [0.2, 0.25) is 5.91 Å². The Morgan fingerprint density at radius 2 is 1.89 bits per heavy atom. The summed E-state index contributed by atoms with van der Waals surface area (Å²) in [5.74, 6) is 1.35. The standard InChI is InChI=1S/C32H43N3O2/c1-31-16-15-21(19-31)32(2)20-13-14-28(37-3)24(17-20)25(29(36)33-30(31)32)18-26-23-11-7-8-12-27(23)35(34-26)22-9-5-4-6-10-22/h13-14,17,21-22,25,30H,4-12,15-16,18-19H2,1-3H3,(H,33,36). The molecular formula is C32H43N3O2. The average molecular weight is 502 g/mol. The van der Waals surface area contributed by atoms with E-state index in [0.29, 0.717) is 18.4 Å². The molecule has 2 aromatic rings. The van der Waals surface area contributed by atoms with Crippen molar-refractivity contribution in [3.8, 4) is 5.75 Å². The van der Waals surface area contributed by atoms with Crippen molar-refractivity contribution in [3.05, 3.63) is 46.3 Å². The lowest BCUT2D eigenvalue weighted by Crippen LogP contribution is -2.57. The van der Waals surface area contributed by atoms with Crippen molar-refractivity contribution in [2.45, 2.75) is 121 Å². The van der Waals surface area contributed by atoms with Gasteiger partial charge in [0, 0.05) is 29.1 Å². The summed E-state index contributed by atoms with van der Waals surface area (Å²) in [6.45, 7) is 4.81. The number of rotatable bonds is 4. The van der Waals surface area contributed by atoms with Crippen LogP contribution in [0.25, 0.3) is 0 Å². The van der Waals surface area contributed by atoms with Gasteiger partial charge in [-0.25, -0.2) is 0 Å². The number of hydrogen-bond acceptors (Lipinski definition) is 3. The van der Waals surface area contributed by atoms with Gasteiger partial charge in [-0.1, -0.05) is 45.2 Å². The zero-order chi connectivity index (χ0) is 25.4.